The van der Waals surface area contributed by atoms with Crippen LogP contribution in [0.15, 0.2) is 6.20 Å². The topological polar surface area (TPSA) is 55.3 Å². The Kier molecular flexibility index (Phi) is 3.16. The zero-order chi connectivity index (χ0) is 11.7. The van der Waals surface area contributed by atoms with Crippen LogP contribution in [0.2, 0.25) is 10.3 Å². The molecule has 0 atom stereocenters. The Hall–Kier alpha value is -1.07. The van der Waals surface area contributed by atoms with E-state index in [1.54, 1.807) is 4.90 Å². The first-order valence-corrected chi connectivity index (χ1v) is 5.42. The van der Waals surface area contributed by atoms with Crippen LogP contribution in [0.5, 0.6) is 5.88 Å². The maximum Gasteiger partial charge on any atom is 0.237 e. The molecule has 0 aliphatic carbocycles. The van der Waals surface area contributed by atoms with E-state index in [0.717, 1.165) is 0 Å². The molecule has 0 bridgehead atoms. The van der Waals surface area contributed by atoms with Gasteiger partial charge in [-0.15, -0.1) is 0 Å². The van der Waals surface area contributed by atoms with Crippen molar-refractivity contribution in [2.75, 3.05) is 13.1 Å². The van der Waals surface area contributed by atoms with Crippen molar-refractivity contribution in [1.82, 2.24) is 14.9 Å². The number of carbonyl (C=O) groups is 1. The zero-order valence-electron chi connectivity index (χ0n) is 8.48. The molecule has 1 aromatic heterocycles. The van der Waals surface area contributed by atoms with Gasteiger partial charge < -0.3 is 9.64 Å². The molecule has 0 unspecified atom stereocenters. The van der Waals surface area contributed by atoms with Crippen molar-refractivity contribution in [3.8, 4) is 5.88 Å². The molecule has 0 saturated carbocycles. The van der Waals surface area contributed by atoms with Gasteiger partial charge in [-0.05, 0) is 11.6 Å². The minimum atomic E-state index is -0.0765. The van der Waals surface area contributed by atoms with Crippen molar-refractivity contribution in [1.29, 1.82) is 0 Å². The monoisotopic (exact) mass is 261 g/mol. The molecule has 5 nitrogen and oxygen atoms in total. The summed E-state index contributed by atoms with van der Waals surface area (Å²) >= 11 is 11.4. The van der Waals surface area contributed by atoms with Gasteiger partial charge in [-0.1, -0.05) is 11.6 Å². The number of aromatic nitrogens is 2. The standard InChI is InChI=1S/C9H9Cl2N3O2/c1-5(15)14-3-6(4-14)16-8-7(10)2-12-9(11)13-8/h2,6H,3-4H2,1H3. The molecule has 1 amide bonds. The zero-order valence-corrected chi connectivity index (χ0v) is 9.99. The van der Waals surface area contributed by atoms with Gasteiger partial charge in [0.15, 0.2) is 0 Å². The van der Waals surface area contributed by atoms with E-state index in [0.29, 0.717) is 18.1 Å². The third-order valence-electron chi connectivity index (χ3n) is 2.25. The Labute approximate surface area is 102 Å². The predicted octanol–water partition coefficient (Wildman–Crippen LogP) is 1.39. The van der Waals surface area contributed by atoms with E-state index in [-0.39, 0.29) is 23.2 Å². The van der Waals surface area contributed by atoms with Crippen LogP contribution in [0.25, 0.3) is 0 Å². The number of hydrogen-bond donors (Lipinski definition) is 0. The second kappa shape index (κ2) is 4.43. The summed E-state index contributed by atoms with van der Waals surface area (Å²) in [5, 5.41) is 0.396. The molecule has 0 aromatic carbocycles. The molecule has 0 N–H and O–H groups in total. The lowest BCUT2D eigenvalue weighted by Crippen LogP contribution is -2.55. The molecule has 1 saturated heterocycles. The third kappa shape index (κ3) is 2.36. The van der Waals surface area contributed by atoms with Crippen LogP contribution in [0, 0.1) is 0 Å². The highest BCUT2D eigenvalue weighted by Gasteiger charge is 2.31. The summed E-state index contributed by atoms with van der Waals surface area (Å²) in [6, 6.07) is 0. The first kappa shape index (κ1) is 11.4. The summed E-state index contributed by atoms with van der Waals surface area (Å²) < 4.78 is 5.48. The van der Waals surface area contributed by atoms with E-state index >= 15 is 0 Å². The van der Waals surface area contributed by atoms with Gasteiger partial charge in [0.2, 0.25) is 17.1 Å². The van der Waals surface area contributed by atoms with Crippen molar-refractivity contribution >= 4 is 29.1 Å². The molecule has 1 aliphatic rings. The number of rotatable bonds is 2. The van der Waals surface area contributed by atoms with Gasteiger partial charge in [0, 0.05) is 6.92 Å². The largest absolute Gasteiger partial charge is 0.469 e. The predicted molar refractivity (Wildman–Crippen MR) is 58.7 cm³/mol. The molecule has 0 spiro atoms. The summed E-state index contributed by atoms with van der Waals surface area (Å²) in [5.41, 5.74) is 0. The maximum atomic E-state index is 10.9. The van der Waals surface area contributed by atoms with E-state index in [2.05, 4.69) is 9.97 Å². The lowest BCUT2D eigenvalue weighted by molar-refractivity contribution is -0.137. The smallest absolute Gasteiger partial charge is 0.237 e. The number of carbonyl (C=O) groups excluding carboxylic acids is 1. The van der Waals surface area contributed by atoms with Gasteiger partial charge >= 0.3 is 0 Å². The summed E-state index contributed by atoms with van der Waals surface area (Å²) in [4.78, 5) is 20.2. The lowest BCUT2D eigenvalue weighted by atomic mass is 10.2. The molecule has 86 valence electrons. The lowest BCUT2D eigenvalue weighted by Gasteiger charge is -2.37. The number of hydrogen-bond acceptors (Lipinski definition) is 4. The van der Waals surface area contributed by atoms with Crippen LogP contribution in [0.4, 0.5) is 0 Å². The molecular weight excluding hydrogens is 253 g/mol. The van der Waals surface area contributed by atoms with Gasteiger partial charge in [-0.3, -0.25) is 4.79 Å². The van der Waals surface area contributed by atoms with Gasteiger partial charge in [-0.25, -0.2) is 4.98 Å². The van der Waals surface area contributed by atoms with Crippen LogP contribution < -0.4 is 4.74 Å². The Bertz CT molecular complexity index is 421. The molecule has 16 heavy (non-hydrogen) atoms. The first-order valence-electron chi connectivity index (χ1n) is 4.66. The van der Waals surface area contributed by atoms with Crippen LogP contribution in [-0.2, 0) is 4.79 Å². The van der Waals surface area contributed by atoms with Crippen LogP contribution in [0.1, 0.15) is 6.92 Å². The Morgan fingerprint density at radius 1 is 1.56 bits per heavy atom. The summed E-state index contributed by atoms with van der Waals surface area (Å²) in [6.07, 6.45) is 1.31. The number of halogens is 2. The second-order valence-electron chi connectivity index (χ2n) is 3.46. The fraction of sp³-hybridized carbons (Fsp3) is 0.444. The van der Waals surface area contributed by atoms with Crippen molar-refractivity contribution in [2.24, 2.45) is 0 Å². The van der Waals surface area contributed by atoms with E-state index < -0.39 is 0 Å². The van der Waals surface area contributed by atoms with Crippen LogP contribution in [-0.4, -0.2) is 40.0 Å². The minimum Gasteiger partial charge on any atom is -0.469 e. The van der Waals surface area contributed by atoms with Gasteiger partial charge in [0.25, 0.3) is 0 Å². The van der Waals surface area contributed by atoms with Crippen LogP contribution in [0.3, 0.4) is 0 Å². The van der Waals surface area contributed by atoms with Gasteiger partial charge in [0.05, 0.1) is 19.3 Å². The molecule has 2 rings (SSSR count). The molecule has 1 aliphatic heterocycles. The van der Waals surface area contributed by atoms with Gasteiger partial charge in [-0.2, -0.15) is 4.98 Å². The fourth-order valence-corrected chi connectivity index (χ4v) is 1.60. The normalized spacial score (nSPS) is 15.8. The van der Waals surface area contributed by atoms with E-state index in [1.165, 1.54) is 13.1 Å². The highest BCUT2D eigenvalue weighted by atomic mass is 35.5. The summed E-state index contributed by atoms with van der Waals surface area (Å²) in [7, 11) is 0. The van der Waals surface area contributed by atoms with Gasteiger partial charge in [0.1, 0.15) is 11.1 Å². The Morgan fingerprint density at radius 2 is 2.25 bits per heavy atom. The Morgan fingerprint density at radius 3 is 2.88 bits per heavy atom. The average Bonchev–Trinajstić information content (AvgIpc) is 2.15. The molecule has 0 radical (unpaired) electrons. The SMILES string of the molecule is CC(=O)N1CC(Oc2nc(Cl)ncc2Cl)C1. The molecule has 1 fully saturated rings. The number of amides is 1. The van der Waals surface area contributed by atoms with E-state index in [1.807, 2.05) is 0 Å². The number of ether oxygens (including phenoxy) is 1. The maximum absolute atomic E-state index is 10.9. The second-order valence-corrected chi connectivity index (χ2v) is 4.20. The summed E-state index contributed by atoms with van der Waals surface area (Å²) in [6.45, 7) is 2.62. The minimum absolute atomic E-state index is 0.0340. The quantitative estimate of drug-likeness (QED) is 0.756. The third-order valence-corrected chi connectivity index (χ3v) is 2.70. The van der Waals surface area contributed by atoms with Crippen molar-refractivity contribution in [3.63, 3.8) is 0 Å². The molecule has 1 aromatic rings. The van der Waals surface area contributed by atoms with Crippen molar-refractivity contribution in [3.05, 3.63) is 16.5 Å². The number of nitrogens with zero attached hydrogens (tertiary/aromatic N) is 3. The van der Waals surface area contributed by atoms with Crippen molar-refractivity contribution < 1.29 is 9.53 Å². The Balaban J connectivity index is 1.96. The highest BCUT2D eigenvalue weighted by Crippen LogP contribution is 2.25. The summed E-state index contributed by atoms with van der Waals surface area (Å²) in [5.74, 6) is 0.293. The number of likely N-dealkylation sites (tertiary alicyclic amines) is 1. The molecule has 2 heterocycles. The van der Waals surface area contributed by atoms with E-state index in [4.69, 9.17) is 27.9 Å². The molecule has 7 heteroatoms. The average molecular weight is 262 g/mol. The van der Waals surface area contributed by atoms with E-state index in [9.17, 15) is 4.79 Å². The fourth-order valence-electron chi connectivity index (χ4n) is 1.34. The molecular formula is C9H9Cl2N3O2. The first-order chi connectivity index (χ1) is 7.56. The van der Waals surface area contributed by atoms with Crippen LogP contribution >= 0.6 is 23.2 Å². The van der Waals surface area contributed by atoms with Crippen molar-refractivity contribution in [2.45, 2.75) is 13.0 Å². The highest BCUT2D eigenvalue weighted by molar-refractivity contribution is 6.32.